The molecule has 8 heteroatoms. The molecule has 0 saturated carbocycles. The van der Waals surface area contributed by atoms with Gasteiger partial charge in [0.05, 0.1) is 19.8 Å². The van der Waals surface area contributed by atoms with E-state index in [-0.39, 0.29) is 0 Å². The van der Waals surface area contributed by atoms with E-state index in [0.717, 1.165) is 25.7 Å². The summed E-state index contributed by atoms with van der Waals surface area (Å²) in [5.41, 5.74) is 0. The smallest absolute Gasteiger partial charge is 0.287 e. The number of hydrogen-bond donors (Lipinski definition) is 0. The molecule has 19 heavy (non-hydrogen) atoms. The van der Waals surface area contributed by atoms with E-state index in [1.165, 1.54) is 0 Å². The lowest BCUT2D eigenvalue weighted by Crippen LogP contribution is -2.02. The predicted octanol–water partition coefficient (Wildman–Crippen LogP) is 5.50. The molecule has 116 valence electrons. The fourth-order valence-electron chi connectivity index (χ4n) is 1.39. The standard InChI is InChI=1S/C11H22Cl3O4P/c1-3-16-19(15,17-4-2)18-10-8-6-5-7-9-11(12,13)14/h3-10H2,1-2H3. The van der Waals surface area contributed by atoms with Gasteiger partial charge in [0, 0.05) is 0 Å². The Kier molecular flexibility index (Phi) is 11.2. The van der Waals surface area contributed by atoms with Crippen LogP contribution in [0.4, 0.5) is 0 Å². The average Bonchev–Trinajstić information content (AvgIpc) is 2.27. The van der Waals surface area contributed by atoms with Crippen molar-refractivity contribution in [1.82, 2.24) is 0 Å². The van der Waals surface area contributed by atoms with Crippen molar-refractivity contribution in [2.24, 2.45) is 0 Å². The van der Waals surface area contributed by atoms with Crippen molar-refractivity contribution in [3.05, 3.63) is 0 Å². The minimum Gasteiger partial charge on any atom is -0.287 e. The number of hydrogen-bond acceptors (Lipinski definition) is 4. The average molecular weight is 356 g/mol. The molecule has 4 nitrogen and oxygen atoms in total. The van der Waals surface area contributed by atoms with Gasteiger partial charge in [0.2, 0.25) is 0 Å². The van der Waals surface area contributed by atoms with E-state index in [0.29, 0.717) is 26.2 Å². The lowest BCUT2D eigenvalue weighted by atomic mass is 10.2. The molecule has 0 rings (SSSR count). The highest BCUT2D eigenvalue weighted by Gasteiger charge is 2.24. The summed E-state index contributed by atoms with van der Waals surface area (Å²) in [5.74, 6) is 0. The Balaban J connectivity index is 3.64. The molecule has 0 N–H and O–H groups in total. The van der Waals surface area contributed by atoms with Gasteiger partial charge in [0.25, 0.3) is 0 Å². The van der Waals surface area contributed by atoms with Crippen LogP contribution in [0.3, 0.4) is 0 Å². The zero-order valence-electron chi connectivity index (χ0n) is 11.4. The molecule has 0 unspecified atom stereocenters. The van der Waals surface area contributed by atoms with Crippen molar-refractivity contribution < 1.29 is 18.1 Å². The van der Waals surface area contributed by atoms with E-state index in [1.54, 1.807) is 13.8 Å². The number of unbranched alkanes of at least 4 members (excludes halogenated alkanes) is 3. The van der Waals surface area contributed by atoms with Crippen LogP contribution in [0.15, 0.2) is 0 Å². The van der Waals surface area contributed by atoms with Crippen LogP contribution in [0.2, 0.25) is 0 Å². The Hall–Kier alpha value is 0.980. The zero-order valence-corrected chi connectivity index (χ0v) is 14.5. The van der Waals surface area contributed by atoms with Crippen LogP contribution in [-0.2, 0) is 18.1 Å². The van der Waals surface area contributed by atoms with Gasteiger partial charge in [-0.3, -0.25) is 13.6 Å². The van der Waals surface area contributed by atoms with Gasteiger partial charge in [-0.2, -0.15) is 0 Å². The SMILES string of the molecule is CCOP(=O)(OCC)OCCCCCCC(Cl)(Cl)Cl. The van der Waals surface area contributed by atoms with Crippen LogP contribution in [0.25, 0.3) is 0 Å². The molecule has 0 aliphatic carbocycles. The summed E-state index contributed by atoms with van der Waals surface area (Å²) < 4.78 is 25.9. The molecule has 0 radical (unpaired) electrons. The van der Waals surface area contributed by atoms with Gasteiger partial charge in [-0.25, -0.2) is 4.57 Å². The quantitative estimate of drug-likeness (QED) is 0.279. The summed E-state index contributed by atoms with van der Waals surface area (Å²) in [5, 5.41) is 0. The summed E-state index contributed by atoms with van der Waals surface area (Å²) in [6.45, 7) is 4.41. The molecule has 0 aliphatic rings. The van der Waals surface area contributed by atoms with Crippen molar-refractivity contribution in [3.8, 4) is 0 Å². The Morgan fingerprint density at radius 3 is 1.89 bits per heavy atom. The van der Waals surface area contributed by atoms with Crippen LogP contribution >= 0.6 is 42.6 Å². The summed E-state index contributed by atoms with van der Waals surface area (Å²) in [4.78, 5) is 0. The third kappa shape index (κ3) is 12.4. The first-order chi connectivity index (χ1) is 8.83. The van der Waals surface area contributed by atoms with Crippen LogP contribution in [0, 0.1) is 0 Å². The molecule has 0 amide bonds. The normalized spacial score (nSPS) is 12.9. The first kappa shape index (κ1) is 20.0. The van der Waals surface area contributed by atoms with Crippen molar-refractivity contribution >= 4 is 42.6 Å². The first-order valence-electron chi connectivity index (χ1n) is 6.43. The number of phosphoric ester groups is 1. The van der Waals surface area contributed by atoms with Gasteiger partial charge in [-0.15, -0.1) is 0 Å². The third-order valence-electron chi connectivity index (χ3n) is 2.18. The highest BCUT2D eigenvalue weighted by atomic mass is 35.6. The minimum absolute atomic E-state index is 0.292. The second-order valence-corrected chi connectivity index (χ2v) is 8.08. The Bertz CT molecular complexity index is 261. The van der Waals surface area contributed by atoms with E-state index >= 15 is 0 Å². The fraction of sp³-hybridized carbons (Fsp3) is 1.00. The van der Waals surface area contributed by atoms with Gasteiger partial charge in [0.1, 0.15) is 0 Å². The maximum Gasteiger partial charge on any atom is 0.474 e. The Morgan fingerprint density at radius 2 is 1.42 bits per heavy atom. The molecule has 0 heterocycles. The zero-order chi connectivity index (χ0) is 14.8. The molecule has 0 aromatic heterocycles. The van der Waals surface area contributed by atoms with Crippen molar-refractivity contribution in [2.75, 3.05) is 19.8 Å². The number of halogens is 3. The Labute approximate surface area is 130 Å². The molecule has 0 fully saturated rings. The molecular weight excluding hydrogens is 333 g/mol. The van der Waals surface area contributed by atoms with Crippen molar-refractivity contribution in [2.45, 2.75) is 49.7 Å². The number of phosphoric acid groups is 1. The number of rotatable bonds is 11. The third-order valence-corrected chi connectivity index (χ3v) is 4.39. The first-order valence-corrected chi connectivity index (χ1v) is 9.03. The molecule has 0 aromatic carbocycles. The molecular formula is C11H22Cl3O4P. The minimum atomic E-state index is -3.36. The molecule has 0 atom stereocenters. The monoisotopic (exact) mass is 354 g/mol. The lowest BCUT2D eigenvalue weighted by molar-refractivity contribution is 0.120. The molecule has 0 aliphatic heterocycles. The summed E-state index contributed by atoms with van der Waals surface area (Å²) in [6, 6.07) is 0. The lowest BCUT2D eigenvalue weighted by Gasteiger charge is -2.16. The highest BCUT2D eigenvalue weighted by molar-refractivity contribution is 7.48. The summed E-state index contributed by atoms with van der Waals surface area (Å²) in [7, 11) is -3.36. The van der Waals surface area contributed by atoms with E-state index < -0.39 is 11.6 Å². The van der Waals surface area contributed by atoms with Gasteiger partial charge >= 0.3 is 7.82 Å². The molecule has 0 aromatic rings. The summed E-state index contributed by atoms with van der Waals surface area (Å²) in [6.07, 6.45) is 3.99. The maximum atomic E-state index is 11.9. The van der Waals surface area contributed by atoms with E-state index in [1.807, 2.05) is 0 Å². The van der Waals surface area contributed by atoms with Crippen molar-refractivity contribution in [1.29, 1.82) is 0 Å². The molecule has 0 bridgehead atoms. The van der Waals surface area contributed by atoms with Gasteiger partial charge in [-0.05, 0) is 33.1 Å². The summed E-state index contributed by atoms with van der Waals surface area (Å²) >= 11 is 16.9. The van der Waals surface area contributed by atoms with Crippen LogP contribution in [0.1, 0.15) is 46.0 Å². The number of alkyl halides is 3. The maximum absolute atomic E-state index is 11.9. The van der Waals surface area contributed by atoms with E-state index in [9.17, 15) is 4.57 Å². The van der Waals surface area contributed by atoms with Gasteiger partial charge in [0.15, 0.2) is 3.79 Å². The van der Waals surface area contributed by atoms with Gasteiger partial charge < -0.3 is 0 Å². The van der Waals surface area contributed by atoms with Crippen LogP contribution in [0.5, 0.6) is 0 Å². The topological polar surface area (TPSA) is 44.8 Å². The predicted molar refractivity (Wildman–Crippen MR) is 80.2 cm³/mol. The second-order valence-electron chi connectivity index (χ2n) is 3.90. The highest BCUT2D eigenvalue weighted by Crippen LogP contribution is 2.49. The van der Waals surface area contributed by atoms with E-state index in [4.69, 9.17) is 48.4 Å². The molecule has 0 saturated heterocycles. The largest absolute Gasteiger partial charge is 0.474 e. The van der Waals surface area contributed by atoms with Crippen LogP contribution in [-0.4, -0.2) is 23.6 Å². The van der Waals surface area contributed by atoms with Gasteiger partial charge in [-0.1, -0.05) is 47.6 Å². The fourth-order valence-corrected chi connectivity index (χ4v) is 3.00. The molecule has 0 spiro atoms. The second kappa shape index (κ2) is 10.7. The van der Waals surface area contributed by atoms with Crippen LogP contribution < -0.4 is 0 Å². The van der Waals surface area contributed by atoms with Crippen molar-refractivity contribution in [3.63, 3.8) is 0 Å². The Morgan fingerprint density at radius 1 is 0.895 bits per heavy atom. The van der Waals surface area contributed by atoms with E-state index in [2.05, 4.69) is 0 Å².